The van der Waals surface area contributed by atoms with E-state index in [4.69, 9.17) is 4.52 Å². The topological polar surface area (TPSA) is 62.5 Å². The third kappa shape index (κ3) is 3.52. The molecule has 0 aliphatic carbocycles. The number of carbonyl (C=O) groups is 1. The molecule has 0 radical (unpaired) electrons. The molecular weight excluding hydrogens is 251 g/mol. The number of carbonyl (C=O) groups excluding carboxylic acids is 1. The lowest BCUT2D eigenvalue weighted by atomic mass is 10.2. The Morgan fingerprint density at radius 3 is 3.00 bits per heavy atom. The summed E-state index contributed by atoms with van der Waals surface area (Å²) in [5, 5.41) is 3.76. The molecule has 19 heavy (non-hydrogen) atoms. The third-order valence-corrected chi connectivity index (χ3v) is 2.87. The first-order chi connectivity index (χ1) is 9.06. The average molecular weight is 268 g/mol. The van der Waals surface area contributed by atoms with Gasteiger partial charge < -0.3 is 14.3 Å². The van der Waals surface area contributed by atoms with Crippen molar-refractivity contribution in [2.75, 3.05) is 32.1 Å². The summed E-state index contributed by atoms with van der Waals surface area (Å²) in [5.41, 5.74) is 0. The van der Waals surface area contributed by atoms with Crippen LogP contribution >= 0.6 is 0 Å². The van der Waals surface area contributed by atoms with Gasteiger partial charge in [0.1, 0.15) is 5.83 Å². The molecule has 0 aromatic carbocycles. The Morgan fingerprint density at radius 1 is 1.58 bits per heavy atom. The molecule has 6 nitrogen and oxygen atoms in total. The van der Waals surface area contributed by atoms with E-state index in [1.807, 2.05) is 14.1 Å². The Morgan fingerprint density at radius 2 is 2.37 bits per heavy atom. The van der Waals surface area contributed by atoms with Gasteiger partial charge in [-0.2, -0.15) is 4.98 Å². The standard InChI is InChI=1S/C12H17FN4O2/c1-16(2)12-14-10(19-15-12)5-6-11(18)17-7-3-4-9(13)8-17/h4H,3,5-8H2,1-2H3. The average Bonchev–Trinajstić information content (AvgIpc) is 2.85. The minimum absolute atomic E-state index is 0.0750. The van der Waals surface area contributed by atoms with Crippen LogP contribution in [0.25, 0.3) is 0 Å². The number of halogens is 1. The highest BCUT2D eigenvalue weighted by Crippen LogP contribution is 2.13. The number of hydrogen-bond donors (Lipinski definition) is 0. The lowest BCUT2D eigenvalue weighted by Gasteiger charge is -2.24. The zero-order valence-corrected chi connectivity index (χ0v) is 11.1. The van der Waals surface area contributed by atoms with Gasteiger partial charge >= 0.3 is 0 Å². The fourth-order valence-electron chi connectivity index (χ4n) is 1.82. The first-order valence-corrected chi connectivity index (χ1v) is 6.18. The monoisotopic (exact) mass is 268 g/mol. The molecule has 1 aromatic heterocycles. The summed E-state index contributed by atoms with van der Waals surface area (Å²) in [4.78, 5) is 19.3. The summed E-state index contributed by atoms with van der Waals surface area (Å²) in [6, 6.07) is 0. The van der Waals surface area contributed by atoms with Crippen LogP contribution in [0.4, 0.5) is 10.3 Å². The number of anilines is 1. The molecule has 1 aliphatic heterocycles. The molecule has 0 saturated carbocycles. The molecular formula is C12H17FN4O2. The zero-order valence-electron chi connectivity index (χ0n) is 11.1. The minimum atomic E-state index is -0.243. The molecule has 0 fully saturated rings. The highest BCUT2D eigenvalue weighted by molar-refractivity contribution is 5.76. The van der Waals surface area contributed by atoms with Gasteiger partial charge in [0.2, 0.25) is 11.8 Å². The molecule has 1 amide bonds. The first kappa shape index (κ1) is 13.5. The number of aryl methyl sites for hydroxylation is 1. The normalized spacial score (nSPS) is 15.3. The van der Waals surface area contributed by atoms with Gasteiger partial charge in [-0.05, 0) is 17.7 Å². The first-order valence-electron chi connectivity index (χ1n) is 6.18. The molecule has 0 atom stereocenters. The van der Waals surface area contributed by atoms with E-state index in [1.165, 1.54) is 11.0 Å². The van der Waals surface area contributed by atoms with E-state index in [9.17, 15) is 9.18 Å². The van der Waals surface area contributed by atoms with Crippen molar-refractivity contribution in [3.63, 3.8) is 0 Å². The Balaban J connectivity index is 1.84. The molecule has 2 heterocycles. The van der Waals surface area contributed by atoms with Crippen molar-refractivity contribution in [3.8, 4) is 0 Å². The van der Waals surface area contributed by atoms with E-state index < -0.39 is 0 Å². The van der Waals surface area contributed by atoms with Gasteiger partial charge in [0.15, 0.2) is 0 Å². The van der Waals surface area contributed by atoms with Gasteiger partial charge in [-0.3, -0.25) is 4.79 Å². The van der Waals surface area contributed by atoms with E-state index in [1.54, 1.807) is 4.90 Å². The fourth-order valence-corrected chi connectivity index (χ4v) is 1.82. The quantitative estimate of drug-likeness (QED) is 0.819. The number of rotatable bonds is 4. The second-order valence-electron chi connectivity index (χ2n) is 4.64. The van der Waals surface area contributed by atoms with Gasteiger partial charge in [-0.15, -0.1) is 0 Å². The van der Waals surface area contributed by atoms with Crippen molar-refractivity contribution in [2.24, 2.45) is 0 Å². The van der Waals surface area contributed by atoms with Crippen LogP contribution in [0.3, 0.4) is 0 Å². The van der Waals surface area contributed by atoms with Crippen molar-refractivity contribution in [3.05, 3.63) is 17.8 Å². The van der Waals surface area contributed by atoms with E-state index in [0.29, 0.717) is 31.2 Å². The molecule has 0 saturated heterocycles. The summed E-state index contributed by atoms with van der Waals surface area (Å²) in [6.07, 6.45) is 2.72. The smallest absolute Gasteiger partial charge is 0.265 e. The predicted octanol–water partition coefficient (Wildman–Crippen LogP) is 1.15. The predicted molar refractivity (Wildman–Crippen MR) is 67.3 cm³/mol. The third-order valence-electron chi connectivity index (χ3n) is 2.87. The molecule has 0 spiro atoms. The molecule has 1 aliphatic rings. The summed E-state index contributed by atoms with van der Waals surface area (Å²) >= 11 is 0. The zero-order chi connectivity index (χ0) is 13.8. The minimum Gasteiger partial charge on any atom is -0.344 e. The molecule has 7 heteroatoms. The second kappa shape index (κ2) is 5.81. The Kier molecular flexibility index (Phi) is 4.13. The van der Waals surface area contributed by atoms with Crippen LogP contribution in [0.2, 0.25) is 0 Å². The van der Waals surface area contributed by atoms with Gasteiger partial charge in [0, 0.05) is 33.5 Å². The van der Waals surface area contributed by atoms with Crippen molar-refractivity contribution in [1.29, 1.82) is 0 Å². The van der Waals surface area contributed by atoms with Crippen LogP contribution in [0.15, 0.2) is 16.4 Å². The molecule has 0 unspecified atom stereocenters. The Labute approximate surface area is 110 Å². The van der Waals surface area contributed by atoms with Crippen molar-refractivity contribution < 1.29 is 13.7 Å². The number of hydrogen-bond acceptors (Lipinski definition) is 5. The lowest BCUT2D eigenvalue weighted by Crippen LogP contribution is -2.35. The Bertz CT molecular complexity index is 484. The number of amides is 1. The maximum absolute atomic E-state index is 13.1. The van der Waals surface area contributed by atoms with Gasteiger partial charge in [0.05, 0.1) is 6.54 Å². The maximum Gasteiger partial charge on any atom is 0.265 e. The van der Waals surface area contributed by atoms with E-state index in [2.05, 4.69) is 10.1 Å². The van der Waals surface area contributed by atoms with E-state index in [0.717, 1.165) is 0 Å². The van der Waals surface area contributed by atoms with Crippen molar-refractivity contribution in [1.82, 2.24) is 15.0 Å². The fraction of sp³-hybridized carbons (Fsp3) is 0.583. The van der Waals surface area contributed by atoms with Gasteiger partial charge in [0.25, 0.3) is 5.95 Å². The number of aromatic nitrogens is 2. The molecule has 104 valence electrons. The largest absolute Gasteiger partial charge is 0.344 e. The van der Waals surface area contributed by atoms with Crippen LogP contribution in [-0.2, 0) is 11.2 Å². The number of nitrogens with zero attached hydrogens (tertiary/aromatic N) is 4. The van der Waals surface area contributed by atoms with Crippen LogP contribution < -0.4 is 4.90 Å². The van der Waals surface area contributed by atoms with Crippen LogP contribution in [0.1, 0.15) is 18.7 Å². The maximum atomic E-state index is 13.1. The van der Waals surface area contributed by atoms with Crippen LogP contribution in [0.5, 0.6) is 0 Å². The van der Waals surface area contributed by atoms with Crippen LogP contribution in [0, 0.1) is 0 Å². The molecule has 1 aromatic rings. The molecule has 0 N–H and O–H groups in total. The Hall–Kier alpha value is -1.92. The van der Waals surface area contributed by atoms with Gasteiger partial charge in [-0.25, -0.2) is 4.39 Å². The summed E-state index contributed by atoms with van der Waals surface area (Å²) in [6.45, 7) is 0.644. The van der Waals surface area contributed by atoms with Crippen molar-refractivity contribution >= 4 is 11.9 Å². The summed E-state index contributed by atoms with van der Waals surface area (Å²) in [7, 11) is 3.62. The lowest BCUT2D eigenvalue weighted by molar-refractivity contribution is -0.131. The summed E-state index contributed by atoms with van der Waals surface area (Å²) in [5.74, 6) is 0.569. The van der Waals surface area contributed by atoms with E-state index in [-0.39, 0.29) is 24.7 Å². The van der Waals surface area contributed by atoms with Crippen LogP contribution in [-0.4, -0.2) is 48.1 Å². The SMILES string of the molecule is CN(C)c1noc(CCC(=O)N2CCC=C(F)C2)n1. The van der Waals surface area contributed by atoms with Gasteiger partial charge in [-0.1, -0.05) is 0 Å². The summed E-state index contributed by atoms with van der Waals surface area (Å²) < 4.78 is 18.1. The highest BCUT2D eigenvalue weighted by atomic mass is 19.1. The molecule has 2 rings (SSSR count). The highest BCUT2D eigenvalue weighted by Gasteiger charge is 2.19. The molecule has 0 bridgehead atoms. The van der Waals surface area contributed by atoms with E-state index >= 15 is 0 Å². The van der Waals surface area contributed by atoms with Crippen molar-refractivity contribution in [2.45, 2.75) is 19.3 Å². The second-order valence-corrected chi connectivity index (χ2v) is 4.64.